The van der Waals surface area contributed by atoms with Crippen LogP contribution in [0, 0.1) is 17.3 Å². The molecule has 1 nitrogen and oxygen atoms in total. The lowest BCUT2D eigenvalue weighted by Crippen LogP contribution is -2.38. The van der Waals surface area contributed by atoms with Crippen molar-refractivity contribution in [1.29, 1.82) is 0 Å². The van der Waals surface area contributed by atoms with Crippen LogP contribution in [0.3, 0.4) is 0 Å². The summed E-state index contributed by atoms with van der Waals surface area (Å²) >= 11 is 0. The van der Waals surface area contributed by atoms with Crippen molar-refractivity contribution in [3.63, 3.8) is 0 Å². The summed E-state index contributed by atoms with van der Waals surface area (Å²) in [6, 6.07) is 0. The fourth-order valence-electron chi connectivity index (χ4n) is 4.33. The van der Waals surface area contributed by atoms with Crippen molar-refractivity contribution >= 4 is 0 Å². The minimum absolute atomic E-state index is 0.536. The molecule has 0 N–H and O–H groups in total. The molecule has 0 spiro atoms. The molecule has 2 rings (SSSR count). The molecular weight excluding hydrogens is 206 g/mol. The van der Waals surface area contributed by atoms with Crippen molar-refractivity contribution in [2.75, 3.05) is 13.6 Å². The van der Waals surface area contributed by atoms with Crippen molar-refractivity contribution in [2.45, 2.75) is 59.4 Å². The molecule has 2 saturated carbocycles. The first-order valence-corrected chi connectivity index (χ1v) is 7.15. The van der Waals surface area contributed by atoms with E-state index in [1.54, 1.807) is 0 Å². The highest BCUT2D eigenvalue weighted by Crippen LogP contribution is 2.70. The molecule has 0 heterocycles. The van der Waals surface area contributed by atoms with E-state index in [2.05, 4.69) is 52.6 Å². The number of fused-ring (bicyclic) bond motifs is 1. The third-order valence-corrected chi connectivity index (χ3v) is 4.93. The Hall–Kier alpha value is -0.300. The molecule has 98 valence electrons. The van der Waals surface area contributed by atoms with Crippen LogP contribution in [0.5, 0.6) is 0 Å². The van der Waals surface area contributed by atoms with Gasteiger partial charge in [-0.3, -0.25) is 4.90 Å². The second-order valence-electron chi connectivity index (χ2n) is 7.46. The standard InChI is InChI=1S/C16H29N/c1-12(2)7-14-8-15(5)11-16(15,9-14)17(6)10-13(3)4/h7,13-14H,8-11H2,1-6H3. The average molecular weight is 235 g/mol. The van der Waals surface area contributed by atoms with E-state index < -0.39 is 0 Å². The summed E-state index contributed by atoms with van der Waals surface area (Å²) in [6.45, 7) is 12.9. The topological polar surface area (TPSA) is 3.24 Å². The van der Waals surface area contributed by atoms with Crippen LogP contribution < -0.4 is 0 Å². The summed E-state index contributed by atoms with van der Waals surface area (Å²) in [4.78, 5) is 2.66. The number of nitrogens with zero attached hydrogens (tertiary/aromatic N) is 1. The second kappa shape index (κ2) is 4.12. The molecule has 0 aliphatic heterocycles. The molecule has 1 heteroatoms. The van der Waals surface area contributed by atoms with Gasteiger partial charge >= 0.3 is 0 Å². The van der Waals surface area contributed by atoms with Gasteiger partial charge in [0.05, 0.1) is 0 Å². The summed E-state index contributed by atoms with van der Waals surface area (Å²) in [5.74, 6) is 1.61. The lowest BCUT2D eigenvalue weighted by molar-refractivity contribution is 0.170. The number of allylic oxidation sites excluding steroid dienone is 2. The van der Waals surface area contributed by atoms with Crippen molar-refractivity contribution in [1.82, 2.24) is 4.90 Å². The van der Waals surface area contributed by atoms with E-state index in [9.17, 15) is 0 Å². The maximum absolute atomic E-state index is 2.66. The zero-order valence-electron chi connectivity index (χ0n) is 12.5. The van der Waals surface area contributed by atoms with Crippen LogP contribution in [-0.2, 0) is 0 Å². The third kappa shape index (κ3) is 2.19. The zero-order valence-corrected chi connectivity index (χ0v) is 12.5. The highest BCUT2D eigenvalue weighted by atomic mass is 15.2. The summed E-state index contributed by atoms with van der Waals surface area (Å²) in [5.41, 5.74) is 2.63. The van der Waals surface area contributed by atoms with Gasteiger partial charge in [0.15, 0.2) is 0 Å². The maximum atomic E-state index is 2.66. The number of hydrogen-bond donors (Lipinski definition) is 0. The SMILES string of the molecule is CC(C)=CC1CC2(C)CC2(N(C)CC(C)C)C1. The first kappa shape index (κ1) is 13.1. The summed E-state index contributed by atoms with van der Waals surface area (Å²) in [5, 5.41) is 0. The van der Waals surface area contributed by atoms with Crippen molar-refractivity contribution in [2.24, 2.45) is 17.3 Å². The molecule has 0 saturated heterocycles. The Morgan fingerprint density at radius 3 is 2.53 bits per heavy atom. The lowest BCUT2D eigenvalue weighted by Gasteiger charge is -2.30. The quantitative estimate of drug-likeness (QED) is 0.663. The van der Waals surface area contributed by atoms with E-state index in [0.29, 0.717) is 11.0 Å². The Labute approximate surface area is 107 Å². The number of hydrogen-bond acceptors (Lipinski definition) is 1. The molecule has 0 amide bonds. The van der Waals surface area contributed by atoms with Crippen LogP contribution in [0.1, 0.15) is 53.9 Å². The monoisotopic (exact) mass is 235 g/mol. The Kier molecular flexibility index (Phi) is 3.18. The predicted molar refractivity (Wildman–Crippen MR) is 75.1 cm³/mol. The fraction of sp³-hybridized carbons (Fsp3) is 0.875. The van der Waals surface area contributed by atoms with Crippen LogP contribution >= 0.6 is 0 Å². The van der Waals surface area contributed by atoms with Crippen molar-refractivity contribution in [3.05, 3.63) is 11.6 Å². The maximum Gasteiger partial charge on any atom is 0.0272 e. The van der Waals surface area contributed by atoms with E-state index in [1.165, 1.54) is 31.4 Å². The molecule has 17 heavy (non-hydrogen) atoms. The number of rotatable bonds is 4. The van der Waals surface area contributed by atoms with Crippen LogP contribution in [0.25, 0.3) is 0 Å². The van der Waals surface area contributed by atoms with Crippen LogP contribution in [0.15, 0.2) is 11.6 Å². The van der Waals surface area contributed by atoms with Crippen LogP contribution in [0.4, 0.5) is 0 Å². The second-order valence-corrected chi connectivity index (χ2v) is 7.46. The first-order valence-electron chi connectivity index (χ1n) is 7.15. The van der Waals surface area contributed by atoms with Gasteiger partial charge < -0.3 is 0 Å². The van der Waals surface area contributed by atoms with Gasteiger partial charge in [0, 0.05) is 12.1 Å². The van der Waals surface area contributed by atoms with Crippen LogP contribution in [0.2, 0.25) is 0 Å². The molecule has 0 radical (unpaired) electrons. The largest absolute Gasteiger partial charge is 0.300 e. The molecule has 0 aromatic carbocycles. The Bertz CT molecular complexity index is 326. The Morgan fingerprint density at radius 2 is 2.00 bits per heavy atom. The van der Waals surface area contributed by atoms with Gasteiger partial charge in [-0.05, 0) is 57.4 Å². The van der Waals surface area contributed by atoms with Gasteiger partial charge in [0.1, 0.15) is 0 Å². The molecule has 2 aliphatic carbocycles. The van der Waals surface area contributed by atoms with Crippen molar-refractivity contribution in [3.8, 4) is 0 Å². The zero-order chi connectivity index (χ0) is 12.8. The minimum atomic E-state index is 0.536. The Balaban J connectivity index is 2.06. The van der Waals surface area contributed by atoms with Gasteiger partial charge in [-0.25, -0.2) is 0 Å². The van der Waals surface area contributed by atoms with E-state index in [-0.39, 0.29) is 0 Å². The summed E-state index contributed by atoms with van der Waals surface area (Å²) in [7, 11) is 2.34. The predicted octanol–water partition coefficient (Wildman–Crippen LogP) is 4.10. The van der Waals surface area contributed by atoms with Gasteiger partial charge in [-0.15, -0.1) is 0 Å². The summed E-state index contributed by atoms with van der Waals surface area (Å²) in [6.07, 6.45) is 6.72. The normalized spacial score (nSPS) is 39.6. The average Bonchev–Trinajstić information content (AvgIpc) is 2.59. The molecule has 2 aliphatic rings. The van der Waals surface area contributed by atoms with Gasteiger partial charge in [-0.1, -0.05) is 32.4 Å². The highest BCUT2D eigenvalue weighted by Gasteiger charge is 2.70. The highest BCUT2D eigenvalue weighted by molar-refractivity contribution is 5.27. The fourth-order valence-corrected chi connectivity index (χ4v) is 4.33. The van der Waals surface area contributed by atoms with E-state index in [4.69, 9.17) is 0 Å². The van der Waals surface area contributed by atoms with Crippen molar-refractivity contribution < 1.29 is 0 Å². The molecular formula is C16H29N. The molecule has 0 aromatic rings. The van der Waals surface area contributed by atoms with E-state index in [0.717, 1.165) is 11.8 Å². The van der Waals surface area contributed by atoms with Gasteiger partial charge in [-0.2, -0.15) is 0 Å². The van der Waals surface area contributed by atoms with E-state index >= 15 is 0 Å². The molecule has 0 bridgehead atoms. The van der Waals surface area contributed by atoms with Gasteiger partial charge in [0.2, 0.25) is 0 Å². The minimum Gasteiger partial charge on any atom is -0.300 e. The molecule has 3 unspecified atom stereocenters. The molecule has 2 fully saturated rings. The molecule has 0 aromatic heterocycles. The Morgan fingerprint density at radius 1 is 1.35 bits per heavy atom. The van der Waals surface area contributed by atoms with Crippen LogP contribution in [-0.4, -0.2) is 24.0 Å². The first-order chi connectivity index (χ1) is 7.79. The summed E-state index contributed by atoms with van der Waals surface area (Å²) < 4.78 is 0. The smallest absolute Gasteiger partial charge is 0.0272 e. The molecule has 3 atom stereocenters. The lowest BCUT2D eigenvalue weighted by atomic mass is 9.97. The van der Waals surface area contributed by atoms with E-state index in [1.807, 2.05) is 0 Å². The van der Waals surface area contributed by atoms with Gasteiger partial charge in [0.25, 0.3) is 0 Å². The third-order valence-electron chi connectivity index (χ3n) is 4.93.